The summed E-state index contributed by atoms with van der Waals surface area (Å²) in [6.45, 7) is -0.183. The van der Waals surface area contributed by atoms with E-state index in [4.69, 9.17) is 9.47 Å². The predicted molar refractivity (Wildman–Crippen MR) is 87.9 cm³/mol. The maximum atomic E-state index is 13.2. The Morgan fingerprint density at radius 1 is 1.08 bits per heavy atom. The standard InChI is InChI=1S/C17H18F2N2O4/c1-24-12-6-11(7-13(8-12)25-2)21-17(23)20-9-16(22)10-3-4-14(18)15(19)5-10/h3-8,16,22H,9H2,1-2H3,(H2,20,21,23). The zero-order valence-electron chi connectivity index (χ0n) is 13.7. The van der Waals surface area contributed by atoms with Crippen molar-refractivity contribution in [1.82, 2.24) is 5.32 Å². The summed E-state index contributed by atoms with van der Waals surface area (Å²) in [5.41, 5.74) is 0.582. The first-order chi connectivity index (χ1) is 11.9. The third kappa shape index (κ3) is 5.05. The summed E-state index contributed by atoms with van der Waals surface area (Å²) in [6.07, 6.45) is -1.18. The molecule has 2 aromatic rings. The number of rotatable bonds is 6. The number of halogens is 2. The Bertz CT molecular complexity index is 733. The molecule has 0 aromatic heterocycles. The Morgan fingerprint density at radius 2 is 1.72 bits per heavy atom. The molecule has 2 aromatic carbocycles. The number of urea groups is 1. The summed E-state index contributed by atoms with van der Waals surface area (Å²) in [4.78, 5) is 11.9. The van der Waals surface area contributed by atoms with E-state index < -0.39 is 23.8 Å². The average molecular weight is 352 g/mol. The monoisotopic (exact) mass is 352 g/mol. The summed E-state index contributed by atoms with van der Waals surface area (Å²) in [5, 5.41) is 14.9. The van der Waals surface area contributed by atoms with Crippen LogP contribution in [0.1, 0.15) is 11.7 Å². The fraction of sp³-hybridized carbons (Fsp3) is 0.235. The first-order valence-electron chi connectivity index (χ1n) is 7.34. The number of ether oxygens (including phenoxy) is 2. The summed E-state index contributed by atoms with van der Waals surface area (Å²) in [7, 11) is 2.97. The Labute approximate surface area is 143 Å². The van der Waals surface area contributed by atoms with Crippen molar-refractivity contribution >= 4 is 11.7 Å². The van der Waals surface area contributed by atoms with Crippen LogP contribution in [-0.4, -0.2) is 31.9 Å². The van der Waals surface area contributed by atoms with Crippen LogP contribution >= 0.6 is 0 Å². The molecular weight excluding hydrogens is 334 g/mol. The summed E-state index contributed by atoms with van der Waals surface area (Å²) >= 11 is 0. The number of aliphatic hydroxyl groups excluding tert-OH is 1. The highest BCUT2D eigenvalue weighted by Gasteiger charge is 2.13. The van der Waals surface area contributed by atoms with Gasteiger partial charge in [-0.15, -0.1) is 0 Å². The van der Waals surface area contributed by atoms with Gasteiger partial charge in [0, 0.05) is 30.4 Å². The van der Waals surface area contributed by atoms with Crippen molar-refractivity contribution in [3.05, 3.63) is 53.6 Å². The molecule has 134 valence electrons. The molecule has 0 bridgehead atoms. The Kier molecular flexibility index (Phi) is 6.13. The van der Waals surface area contributed by atoms with Gasteiger partial charge < -0.3 is 25.2 Å². The molecule has 0 aliphatic carbocycles. The number of methoxy groups -OCH3 is 2. The molecular formula is C17H18F2N2O4. The second-order valence-electron chi connectivity index (χ2n) is 5.13. The number of carbonyl (C=O) groups is 1. The smallest absolute Gasteiger partial charge is 0.319 e. The zero-order chi connectivity index (χ0) is 18.4. The first-order valence-corrected chi connectivity index (χ1v) is 7.34. The van der Waals surface area contributed by atoms with E-state index in [1.165, 1.54) is 20.3 Å². The van der Waals surface area contributed by atoms with Crippen LogP contribution in [0.2, 0.25) is 0 Å². The molecule has 0 saturated heterocycles. The lowest BCUT2D eigenvalue weighted by molar-refractivity contribution is 0.174. The Hall–Kier alpha value is -2.87. The lowest BCUT2D eigenvalue weighted by Crippen LogP contribution is -2.32. The van der Waals surface area contributed by atoms with E-state index in [9.17, 15) is 18.7 Å². The van der Waals surface area contributed by atoms with Crippen LogP contribution in [0.4, 0.5) is 19.3 Å². The highest BCUT2D eigenvalue weighted by Crippen LogP contribution is 2.25. The lowest BCUT2D eigenvalue weighted by Gasteiger charge is -2.14. The molecule has 2 amide bonds. The molecule has 0 heterocycles. The van der Waals surface area contributed by atoms with Crippen LogP contribution in [0.3, 0.4) is 0 Å². The minimum atomic E-state index is -1.18. The SMILES string of the molecule is COc1cc(NC(=O)NCC(O)c2ccc(F)c(F)c2)cc(OC)c1. The second-order valence-corrected chi connectivity index (χ2v) is 5.13. The molecule has 1 atom stereocenters. The molecule has 0 aliphatic rings. The maximum absolute atomic E-state index is 13.2. The fourth-order valence-electron chi connectivity index (χ4n) is 2.08. The minimum absolute atomic E-state index is 0.155. The predicted octanol–water partition coefficient (Wildman–Crippen LogP) is 2.84. The topological polar surface area (TPSA) is 79.8 Å². The number of anilines is 1. The molecule has 0 radical (unpaired) electrons. The second kappa shape index (κ2) is 8.29. The van der Waals surface area contributed by atoms with Gasteiger partial charge in [-0.1, -0.05) is 6.07 Å². The maximum Gasteiger partial charge on any atom is 0.319 e. The van der Waals surface area contributed by atoms with Gasteiger partial charge in [-0.05, 0) is 17.7 Å². The van der Waals surface area contributed by atoms with Gasteiger partial charge in [-0.3, -0.25) is 0 Å². The quantitative estimate of drug-likeness (QED) is 0.747. The largest absolute Gasteiger partial charge is 0.497 e. The first kappa shape index (κ1) is 18.5. The van der Waals surface area contributed by atoms with Gasteiger partial charge >= 0.3 is 6.03 Å². The molecule has 8 heteroatoms. The number of carbonyl (C=O) groups excluding carboxylic acids is 1. The van der Waals surface area contributed by atoms with E-state index in [2.05, 4.69) is 10.6 Å². The van der Waals surface area contributed by atoms with Crippen molar-refractivity contribution in [2.75, 3.05) is 26.1 Å². The number of benzene rings is 2. The normalized spacial score (nSPS) is 11.6. The number of hydrogen-bond acceptors (Lipinski definition) is 4. The third-order valence-electron chi connectivity index (χ3n) is 3.39. The van der Waals surface area contributed by atoms with Crippen molar-refractivity contribution < 1.29 is 28.2 Å². The van der Waals surface area contributed by atoms with Crippen LogP contribution < -0.4 is 20.1 Å². The lowest BCUT2D eigenvalue weighted by atomic mass is 10.1. The van der Waals surface area contributed by atoms with E-state index in [1.807, 2.05) is 0 Å². The van der Waals surface area contributed by atoms with Gasteiger partial charge in [0.2, 0.25) is 0 Å². The number of hydrogen-bond donors (Lipinski definition) is 3. The number of nitrogens with one attached hydrogen (secondary N) is 2. The molecule has 0 spiro atoms. The number of aliphatic hydroxyl groups is 1. The van der Waals surface area contributed by atoms with Gasteiger partial charge in [-0.2, -0.15) is 0 Å². The Balaban J connectivity index is 1.95. The van der Waals surface area contributed by atoms with Crippen LogP contribution in [0, 0.1) is 11.6 Å². The highest BCUT2D eigenvalue weighted by atomic mass is 19.2. The number of amides is 2. The van der Waals surface area contributed by atoms with Crippen molar-refractivity contribution in [3.63, 3.8) is 0 Å². The van der Waals surface area contributed by atoms with E-state index >= 15 is 0 Å². The van der Waals surface area contributed by atoms with Gasteiger partial charge in [0.15, 0.2) is 11.6 Å². The van der Waals surface area contributed by atoms with Gasteiger partial charge in [0.05, 0.1) is 20.3 Å². The molecule has 25 heavy (non-hydrogen) atoms. The van der Waals surface area contributed by atoms with Gasteiger partial charge in [-0.25, -0.2) is 13.6 Å². The molecule has 0 fully saturated rings. The van der Waals surface area contributed by atoms with Gasteiger partial charge in [0.25, 0.3) is 0 Å². The van der Waals surface area contributed by atoms with E-state index in [0.717, 1.165) is 12.1 Å². The molecule has 6 nitrogen and oxygen atoms in total. The average Bonchev–Trinajstić information content (AvgIpc) is 2.61. The van der Waals surface area contributed by atoms with E-state index in [-0.39, 0.29) is 12.1 Å². The van der Waals surface area contributed by atoms with Crippen LogP contribution in [0.15, 0.2) is 36.4 Å². The molecule has 3 N–H and O–H groups in total. The van der Waals surface area contributed by atoms with Crippen LogP contribution in [0.25, 0.3) is 0 Å². The Morgan fingerprint density at radius 3 is 2.28 bits per heavy atom. The molecule has 2 rings (SSSR count). The van der Waals surface area contributed by atoms with Gasteiger partial charge in [0.1, 0.15) is 11.5 Å². The summed E-state index contributed by atoms with van der Waals surface area (Å²) < 4.78 is 36.2. The zero-order valence-corrected chi connectivity index (χ0v) is 13.7. The third-order valence-corrected chi connectivity index (χ3v) is 3.39. The van der Waals surface area contributed by atoms with Crippen LogP contribution in [-0.2, 0) is 0 Å². The minimum Gasteiger partial charge on any atom is -0.497 e. The van der Waals surface area contributed by atoms with E-state index in [0.29, 0.717) is 17.2 Å². The molecule has 0 aliphatic heterocycles. The summed E-state index contributed by atoms with van der Waals surface area (Å²) in [5.74, 6) is -1.08. The highest BCUT2D eigenvalue weighted by molar-refractivity contribution is 5.89. The molecule has 1 unspecified atom stereocenters. The van der Waals surface area contributed by atoms with Crippen molar-refractivity contribution in [1.29, 1.82) is 0 Å². The van der Waals surface area contributed by atoms with Crippen molar-refractivity contribution in [3.8, 4) is 11.5 Å². The van der Waals surface area contributed by atoms with E-state index in [1.54, 1.807) is 18.2 Å². The molecule has 0 saturated carbocycles. The van der Waals surface area contributed by atoms with Crippen molar-refractivity contribution in [2.24, 2.45) is 0 Å². The summed E-state index contributed by atoms with van der Waals surface area (Å²) in [6, 6.07) is 7.29. The van der Waals surface area contributed by atoms with Crippen molar-refractivity contribution in [2.45, 2.75) is 6.10 Å². The van der Waals surface area contributed by atoms with Crippen LogP contribution in [0.5, 0.6) is 11.5 Å². The fourth-order valence-corrected chi connectivity index (χ4v) is 2.08.